The Morgan fingerprint density at radius 1 is 1.08 bits per heavy atom. The standard InChI is InChI=1S/C26H24F3N5O2/c1-14-10-17(6-8-30-14)21-11-16(7-9-36-21)19-12-20-23(25(35)34(3)15(2)32-20)24(33-19)18-4-5-22(31-13-18)26(27,28)29/h4-6,8,10,12-13,16,21H,7,9,11H2,1-3H3. The molecule has 0 saturated carbocycles. The van der Waals surface area contributed by atoms with Gasteiger partial charge in [-0.15, -0.1) is 0 Å². The Labute approximate surface area is 205 Å². The maximum Gasteiger partial charge on any atom is 0.433 e. The summed E-state index contributed by atoms with van der Waals surface area (Å²) >= 11 is 0. The molecule has 1 saturated heterocycles. The minimum Gasteiger partial charge on any atom is -0.373 e. The van der Waals surface area contributed by atoms with E-state index in [-0.39, 0.29) is 28.7 Å². The third kappa shape index (κ3) is 4.48. The van der Waals surface area contributed by atoms with Crippen molar-refractivity contribution >= 4 is 10.9 Å². The van der Waals surface area contributed by atoms with Gasteiger partial charge in [-0.25, -0.2) is 4.98 Å². The molecule has 2 unspecified atom stereocenters. The molecule has 1 fully saturated rings. The number of halogens is 3. The van der Waals surface area contributed by atoms with Gasteiger partial charge in [0.2, 0.25) is 0 Å². The van der Waals surface area contributed by atoms with Crippen LogP contribution >= 0.6 is 0 Å². The first-order valence-electron chi connectivity index (χ1n) is 11.6. The number of hydrogen-bond acceptors (Lipinski definition) is 6. The molecule has 0 bridgehead atoms. The molecule has 36 heavy (non-hydrogen) atoms. The van der Waals surface area contributed by atoms with Gasteiger partial charge in [0.05, 0.1) is 22.7 Å². The quantitative estimate of drug-likeness (QED) is 0.395. The van der Waals surface area contributed by atoms with Gasteiger partial charge in [-0.2, -0.15) is 13.2 Å². The average Bonchev–Trinajstić information content (AvgIpc) is 2.86. The first-order chi connectivity index (χ1) is 17.1. The highest BCUT2D eigenvalue weighted by Gasteiger charge is 2.32. The summed E-state index contributed by atoms with van der Waals surface area (Å²) in [4.78, 5) is 30.4. The predicted octanol–water partition coefficient (Wildman–Crippen LogP) is 5.06. The average molecular weight is 496 g/mol. The first-order valence-corrected chi connectivity index (χ1v) is 11.6. The first kappa shape index (κ1) is 24.1. The van der Waals surface area contributed by atoms with E-state index in [4.69, 9.17) is 9.72 Å². The Bertz CT molecular complexity index is 1500. The van der Waals surface area contributed by atoms with Crippen LogP contribution in [0.1, 0.15) is 53.3 Å². The van der Waals surface area contributed by atoms with E-state index in [1.807, 2.05) is 25.1 Å². The molecule has 4 aromatic rings. The zero-order valence-electron chi connectivity index (χ0n) is 20.0. The van der Waals surface area contributed by atoms with Crippen molar-refractivity contribution in [2.75, 3.05) is 6.61 Å². The van der Waals surface area contributed by atoms with Gasteiger partial charge in [0.1, 0.15) is 11.5 Å². The molecule has 0 aromatic carbocycles. The normalized spacial score (nSPS) is 18.5. The third-order valence-corrected chi connectivity index (χ3v) is 6.63. The van der Waals surface area contributed by atoms with E-state index < -0.39 is 11.9 Å². The van der Waals surface area contributed by atoms with Crippen LogP contribution < -0.4 is 5.56 Å². The highest BCUT2D eigenvalue weighted by Crippen LogP contribution is 2.39. The molecule has 0 aliphatic carbocycles. The summed E-state index contributed by atoms with van der Waals surface area (Å²) in [6.45, 7) is 4.18. The summed E-state index contributed by atoms with van der Waals surface area (Å²) < 4.78 is 46.7. The number of pyridine rings is 3. The smallest absolute Gasteiger partial charge is 0.373 e. The molecule has 10 heteroatoms. The minimum absolute atomic E-state index is 0.00828. The molecule has 2 atom stereocenters. The summed E-state index contributed by atoms with van der Waals surface area (Å²) in [6.07, 6.45) is -0.459. The van der Waals surface area contributed by atoms with Crippen molar-refractivity contribution in [2.45, 2.75) is 44.9 Å². The number of aryl methyl sites for hydroxylation is 2. The van der Waals surface area contributed by atoms with Crippen molar-refractivity contribution < 1.29 is 17.9 Å². The van der Waals surface area contributed by atoms with Crippen molar-refractivity contribution in [1.82, 2.24) is 24.5 Å². The summed E-state index contributed by atoms with van der Waals surface area (Å²) in [5, 5.41) is 0.252. The fourth-order valence-electron chi connectivity index (χ4n) is 4.60. The number of nitrogens with zero attached hydrogens (tertiary/aromatic N) is 5. The van der Waals surface area contributed by atoms with E-state index in [9.17, 15) is 18.0 Å². The highest BCUT2D eigenvalue weighted by molar-refractivity contribution is 5.92. The Morgan fingerprint density at radius 2 is 1.89 bits per heavy atom. The molecule has 0 amide bonds. The van der Waals surface area contributed by atoms with Gasteiger partial charge in [-0.1, -0.05) is 0 Å². The second kappa shape index (κ2) is 9.09. The van der Waals surface area contributed by atoms with Gasteiger partial charge in [-0.3, -0.25) is 24.3 Å². The van der Waals surface area contributed by atoms with Crippen molar-refractivity contribution in [2.24, 2.45) is 7.05 Å². The van der Waals surface area contributed by atoms with Gasteiger partial charge in [0.25, 0.3) is 5.56 Å². The molecule has 7 nitrogen and oxygen atoms in total. The van der Waals surface area contributed by atoms with Gasteiger partial charge in [0, 0.05) is 48.9 Å². The van der Waals surface area contributed by atoms with Crippen LogP contribution in [0, 0.1) is 13.8 Å². The fraction of sp³-hybridized carbons (Fsp3) is 0.346. The Morgan fingerprint density at radius 3 is 2.58 bits per heavy atom. The van der Waals surface area contributed by atoms with Crippen LogP contribution in [-0.2, 0) is 18.0 Å². The molecule has 5 heterocycles. The molecule has 4 aromatic heterocycles. The number of alkyl halides is 3. The maximum absolute atomic E-state index is 13.2. The zero-order chi connectivity index (χ0) is 25.6. The van der Waals surface area contributed by atoms with E-state index in [0.717, 1.165) is 29.2 Å². The summed E-state index contributed by atoms with van der Waals surface area (Å²) in [7, 11) is 1.60. The van der Waals surface area contributed by atoms with Crippen molar-refractivity contribution in [3.05, 3.63) is 81.5 Å². The summed E-state index contributed by atoms with van der Waals surface area (Å²) in [5.41, 5.74) is 2.38. The van der Waals surface area contributed by atoms with Crippen LogP contribution in [-0.4, -0.2) is 31.1 Å². The van der Waals surface area contributed by atoms with E-state index in [0.29, 0.717) is 36.4 Å². The van der Waals surface area contributed by atoms with Crippen molar-refractivity contribution in [1.29, 1.82) is 0 Å². The third-order valence-electron chi connectivity index (χ3n) is 6.63. The molecule has 1 aliphatic rings. The molecular weight excluding hydrogens is 471 g/mol. The van der Waals surface area contributed by atoms with Crippen LogP contribution in [0.15, 0.2) is 47.5 Å². The number of ether oxygens (including phenoxy) is 1. The molecule has 0 N–H and O–H groups in total. The Balaban J connectivity index is 1.62. The SMILES string of the molecule is Cc1cc(C2CC(c3cc4nc(C)n(C)c(=O)c4c(-c4ccc(C(F)(F)F)nc4)n3)CCO2)ccn1. The monoisotopic (exact) mass is 495 g/mol. The Hall–Kier alpha value is -3.66. The van der Waals surface area contributed by atoms with Gasteiger partial charge in [0.15, 0.2) is 0 Å². The lowest BCUT2D eigenvalue weighted by Gasteiger charge is -2.30. The van der Waals surface area contributed by atoms with Crippen LogP contribution in [0.4, 0.5) is 13.2 Å². The lowest BCUT2D eigenvalue weighted by Crippen LogP contribution is -2.23. The van der Waals surface area contributed by atoms with Gasteiger partial charge < -0.3 is 4.74 Å². The molecule has 1 aliphatic heterocycles. The Kier molecular flexibility index (Phi) is 6.07. The molecule has 5 rings (SSSR count). The minimum atomic E-state index is -4.56. The number of rotatable bonds is 3. The van der Waals surface area contributed by atoms with Crippen molar-refractivity contribution in [3.8, 4) is 11.3 Å². The number of aromatic nitrogens is 5. The molecule has 0 spiro atoms. The van der Waals surface area contributed by atoms with Crippen LogP contribution in [0.3, 0.4) is 0 Å². The maximum atomic E-state index is 13.2. The lowest BCUT2D eigenvalue weighted by molar-refractivity contribution is -0.141. The topological polar surface area (TPSA) is 82.8 Å². The lowest BCUT2D eigenvalue weighted by atomic mass is 9.88. The highest BCUT2D eigenvalue weighted by atomic mass is 19.4. The molecule has 186 valence electrons. The fourth-order valence-corrected chi connectivity index (χ4v) is 4.60. The van der Waals surface area contributed by atoms with E-state index in [1.165, 1.54) is 10.6 Å². The van der Waals surface area contributed by atoms with Crippen LogP contribution in [0.25, 0.3) is 22.2 Å². The van der Waals surface area contributed by atoms with Crippen LogP contribution in [0.2, 0.25) is 0 Å². The van der Waals surface area contributed by atoms with E-state index in [2.05, 4.69) is 15.0 Å². The van der Waals surface area contributed by atoms with Gasteiger partial charge in [-0.05, 0) is 62.6 Å². The summed E-state index contributed by atoms with van der Waals surface area (Å²) in [6, 6.07) is 7.94. The molecular formula is C26H24F3N5O2. The predicted molar refractivity (Wildman–Crippen MR) is 127 cm³/mol. The second-order valence-corrected chi connectivity index (χ2v) is 9.05. The summed E-state index contributed by atoms with van der Waals surface area (Å²) in [5.74, 6) is 0.534. The van der Waals surface area contributed by atoms with Crippen LogP contribution in [0.5, 0.6) is 0 Å². The van der Waals surface area contributed by atoms with E-state index >= 15 is 0 Å². The molecule has 0 radical (unpaired) electrons. The largest absolute Gasteiger partial charge is 0.433 e. The van der Waals surface area contributed by atoms with E-state index in [1.54, 1.807) is 20.2 Å². The number of hydrogen-bond donors (Lipinski definition) is 0. The second-order valence-electron chi connectivity index (χ2n) is 9.05. The zero-order valence-corrected chi connectivity index (χ0v) is 20.0. The van der Waals surface area contributed by atoms with Crippen molar-refractivity contribution in [3.63, 3.8) is 0 Å². The number of fused-ring (bicyclic) bond motifs is 1. The van der Waals surface area contributed by atoms with Gasteiger partial charge >= 0.3 is 6.18 Å².